The molecule has 0 radical (unpaired) electrons. The van der Waals surface area contributed by atoms with Crippen LogP contribution in [0.5, 0.6) is 5.75 Å². The van der Waals surface area contributed by atoms with Crippen LogP contribution in [0.4, 0.5) is 0 Å². The van der Waals surface area contributed by atoms with Gasteiger partial charge in [-0.25, -0.2) is 0 Å². The van der Waals surface area contributed by atoms with Gasteiger partial charge in [-0.1, -0.05) is 54.6 Å². The molecule has 1 aromatic heterocycles. The molecule has 2 heterocycles. The van der Waals surface area contributed by atoms with E-state index in [1.54, 1.807) is 12.3 Å². The van der Waals surface area contributed by atoms with Crippen LogP contribution >= 0.6 is 0 Å². The standard InChI is InChI=1S/C30H32N4O3/c1-2-37-24-11-12-27-25(16-24)29(35)26(30(31)36)20-34(27)19-22-8-6-7-21(15-22)18-33-14-13-32-17-28(33)23-9-4-3-5-10-23/h3-12,15-16,20,28,32H,2,13-14,17-19H2,1H3,(H2,31,36). The van der Waals surface area contributed by atoms with Gasteiger partial charge in [0.1, 0.15) is 11.3 Å². The fourth-order valence-corrected chi connectivity index (χ4v) is 5.14. The number of hydrogen-bond donors (Lipinski definition) is 2. The van der Waals surface area contributed by atoms with E-state index >= 15 is 0 Å². The summed E-state index contributed by atoms with van der Waals surface area (Å²) in [6.07, 6.45) is 1.57. The van der Waals surface area contributed by atoms with E-state index in [9.17, 15) is 9.59 Å². The Morgan fingerprint density at radius 2 is 1.81 bits per heavy atom. The highest BCUT2D eigenvalue weighted by molar-refractivity contribution is 5.96. The zero-order chi connectivity index (χ0) is 25.8. The minimum Gasteiger partial charge on any atom is -0.494 e. The highest BCUT2D eigenvalue weighted by Crippen LogP contribution is 2.25. The van der Waals surface area contributed by atoms with Gasteiger partial charge in [0.15, 0.2) is 0 Å². The summed E-state index contributed by atoms with van der Waals surface area (Å²) in [5, 5.41) is 3.94. The minimum atomic E-state index is -0.734. The van der Waals surface area contributed by atoms with Gasteiger partial charge in [-0.3, -0.25) is 14.5 Å². The Labute approximate surface area is 216 Å². The van der Waals surface area contributed by atoms with Crippen molar-refractivity contribution in [3.8, 4) is 5.75 Å². The summed E-state index contributed by atoms with van der Waals surface area (Å²) < 4.78 is 7.50. The lowest BCUT2D eigenvalue weighted by atomic mass is 10.0. The number of benzene rings is 3. The van der Waals surface area contributed by atoms with E-state index in [4.69, 9.17) is 10.5 Å². The second-order valence-corrected chi connectivity index (χ2v) is 9.40. The van der Waals surface area contributed by atoms with Crippen molar-refractivity contribution in [1.82, 2.24) is 14.8 Å². The third kappa shape index (κ3) is 5.43. The lowest BCUT2D eigenvalue weighted by molar-refractivity contribution is 0.0998. The number of nitrogens with one attached hydrogen (secondary N) is 1. The molecule has 1 aliphatic rings. The number of primary amides is 1. The number of ether oxygens (including phenoxy) is 1. The van der Waals surface area contributed by atoms with Gasteiger partial charge in [0, 0.05) is 45.0 Å². The predicted octanol–water partition coefficient (Wildman–Crippen LogP) is 3.69. The number of nitrogens with two attached hydrogens (primary N) is 1. The largest absolute Gasteiger partial charge is 0.494 e. The van der Waals surface area contributed by atoms with E-state index < -0.39 is 5.91 Å². The number of pyridine rings is 1. The Morgan fingerprint density at radius 3 is 2.57 bits per heavy atom. The van der Waals surface area contributed by atoms with Gasteiger partial charge in [0.25, 0.3) is 5.91 Å². The number of piperazine rings is 1. The molecule has 7 heteroatoms. The fraction of sp³-hybridized carbons (Fsp3) is 0.267. The van der Waals surface area contributed by atoms with Crippen LogP contribution in [0.25, 0.3) is 10.9 Å². The van der Waals surface area contributed by atoms with E-state index in [2.05, 4.69) is 64.8 Å². The van der Waals surface area contributed by atoms with Crippen molar-refractivity contribution in [2.75, 3.05) is 26.2 Å². The van der Waals surface area contributed by atoms with Crippen molar-refractivity contribution < 1.29 is 9.53 Å². The van der Waals surface area contributed by atoms with Crippen LogP contribution in [0, 0.1) is 0 Å². The maximum Gasteiger partial charge on any atom is 0.254 e. The van der Waals surface area contributed by atoms with E-state index in [-0.39, 0.29) is 11.0 Å². The highest BCUT2D eigenvalue weighted by atomic mass is 16.5. The summed E-state index contributed by atoms with van der Waals surface area (Å²) in [5.41, 5.74) is 9.51. The van der Waals surface area contributed by atoms with Crippen LogP contribution in [0.15, 0.2) is 83.8 Å². The molecule has 1 saturated heterocycles. The maximum atomic E-state index is 13.0. The summed E-state index contributed by atoms with van der Waals surface area (Å²) >= 11 is 0. The molecule has 5 rings (SSSR count). The first kappa shape index (κ1) is 24.7. The zero-order valence-corrected chi connectivity index (χ0v) is 21.0. The van der Waals surface area contributed by atoms with Gasteiger partial charge >= 0.3 is 0 Å². The Kier molecular flexibility index (Phi) is 7.35. The molecule has 0 bridgehead atoms. The molecular formula is C30H32N4O3. The first-order valence-corrected chi connectivity index (χ1v) is 12.7. The summed E-state index contributed by atoms with van der Waals surface area (Å²) in [5.74, 6) is -0.145. The van der Waals surface area contributed by atoms with Gasteiger partial charge in [-0.2, -0.15) is 0 Å². The molecule has 3 N–H and O–H groups in total. The maximum absolute atomic E-state index is 13.0. The Hall–Kier alpha value is -3.94. The molecule has 1 unspecified atom stereocenters. The number of aromatic nitrogens is 1. The normalized spacial score (nSPS) is 16.1. The number of carbonyl (C=O) groups is 1. The number of hydrogen-bond acceptors (Lipinski definition) is 5. The van der Waals surface area contributed by atoms with Gasteiger partial charge in [-0.15, -0.1) is 0 Å². The third-order valence-corrected chi connectivity index (χ3v) is 6.90. The number of carbonyl (C=O) groups excluding carboxylic acids is 1. The van der Waals surface area contributed by atoms with Gasteiger partial charge in [0.2, 0.25) is 5.43 Å². The molecule has 4 aromatic rings. The number of amides is 1. The number of rotatable bonds is 8. The first-order chi connectivity index (χ1) is 18.0. The molecule has 1 aliphatic heterocycles. The first-order valence-electron chi connectivity index (χ1n) is 12.7. The van der Waals surface area contributed by atoms with Crippen LogP contribution in [-0.2, 0) is 13.1 Å². The molecule has 0 spiro atoms. The Balaban J connectivity index is 1.45. The molecule has 1 atom stereocenters. The topological polar surface area (TPSA) is 89.6 Å². The molecule has 1 amide bonds. The summed E-state index contributed by atoms with van der Waals surface area (Å²) in [4.78, 5) is 27.6. The Morgan fingerprint density at radius 1 is 1.03 bits per heavy atom. The van der Waals surface area contributed by atoms with E-state index in [1.807, 2.05) is 23.6 Å². The predicted molar refractivity (Wildman–Crippen MR) is 146 cm³/mol. The SMILES string of the molecule is CCOc1ccc2c(c1)c(=O)c(C(N)=O)cn2Cc1cccc(CN2CCNCC2c2ccccc2)c1. The molecule has 190 valence electrons. The van der Waals surface area contributed by atoms with Crippen molar-refractivity contribution in [2.24, 2.45) is 5.73 Å². The van der Waals surface area contributed by atoms with Crippen LogP contribution in [0.2, 0.25) is 0 Å². The second kappa shape index (κ2) is 11.0. The van der Waals surface area contributed by atoms with Crippen molar-refractivity contribution >= 4 is 16.8 Å². The minimum absolute atomic E-state index is 0.0242. The molecule has 7 nitrogen and oxygen atoms in total. The lowest BCUT2D eigenvalue weighted by Gasteiger charge is -2.36. The third-order valence-electron chi connectivity index (χ3n) is 6.90. The summed E-state index contributed by atoms with van der Waals surface area (Å²) in [6, 6.07) is 24.8. The van der Waals surface area contributed by atoms with E-state index in [0.717, 1.165) is 37.3 Å². The number of nitrogens with zero attached hydrogens (tertiary/aromatic N) is 2. The average Bonchev–Trinajstić information content (AvgIpc) is 2.91. The average molecular weight is 497 g/mol. The molecule has 0 aliphatic carbocycles. The van der Waals surface area contributed by atoms with E-state index in [1.165, 1.54) is 11.1 Å². The van der Waals surface area contributed by atoms with Crippen LogP contribution < -0.4 is 21.2 Å². The van der Waals surface area contributed by atoms with Crippen LogP contribution in [0.1, 0.15) is 40.0 Å². The highest BCUT2D eigenvalue weighted by Gasteiger charge is 2.23. The van der Waals surface area contributed by atoms with Crippen molar-refractivity contribution in [2.45, 2.75) is 26.1 Å². The molecule has 3 aromatic carbocycles. The molecular weight excluding hydrogens is 464 g/mol. The lowest BCUT2D eigenvalue weighted by Crippen LogP contribution is -2.45. The smallest absolute Gasteiger partial charge is 0.254 e. The van der Waals surface area contributed by atoms with Gasteiger partial charge in [0.05, 0.1) is 17.5 Å². The van der Waals surface area contributed by atoms with Gasteiger partial charge < -0.3 is 20.4 Å². The monoisotopic (exact) mass is 496 g/mol. The quantitative estimate of drug-likeness (QED) is 0.388. The molecule has 0 saturated carbocycles. The molecule has 37 heavy (non-hydrogen) atoms. The van der Waals surface area contributed by atoms with Crippen LogP contribution in [0.3, 0.4) is 0 Å². The summed E-state index contributed by atoms with van der Waals surface area (Å²) in [6.45, 7) is 6.57. The Bertz CT molecular complexity index is 1470. The van der Waals surface area contributed by atoms with Crippen LogP contribution in [-0.4, -0.2) is 41.6 Å². The molecule has 1 fully saturated rings. The zero-order valence-electron chi connectivity index (χ0n) is 21.0. The van der Waals surface area contributed by atoms with E-state index in [0.29, 0.717) is 30.3 Å². The van der Waals surface area contributed by atoms with Crippen molar-refractivity contribution in [3.63, 3.8) is 0 Å². The summed E-state index contributed by atoms with van der Waals surface area (Å²) in [7, 11) is 0. The number of fused-ring (bicyclic) bond motifs is 1. The second-order valence-electron chi connectivity index (χ2n) is 9.40. The fourth-order valence-electron chi connectivity index (χ4n) is 5.14. The van der Waals surface area contributed by atoms with Crippen molar-refractivity contribution in [1.29, 1.82) is 0 Å². The van der Waals surface area contributed by atoms with Gasteiger partial charge in [-0.05, 0) is 41.8 Å². The van der Waals surface area contributed by atoms with Crippen molar-refractivity contribution in [3.05, 3.63) is 111 Å².